The Morgan fingerprint density at radius 3 is 2.67 bits per heavy atom. The van der Waals surface area contributed by atoms with Gasteiger partial charge < -0.3 is 4.74 Å². The second-order valence-electron chi connectivity index (χ2n) is 4.39. The first kappa shape index (κ1) is 13.5. The zero-order valence-electron chi connectivity index (χ0n) is 9.93. The van der Waals surface area contributed by atoms with Gasteiger partial charge in [-0.05, 0) is 43.0 Å². The molecule has 18 heavy (non-hydrogen) atoms. The summed E-state index contributed by atoms with van der Waals surface area (Å²) in [5, 5.41) is 0. The Balaban J connectivity index is 1.96. The molecule has 0 radical (unpaired) electrons. The van der Waals surface area contributed by atoms with Gasteiger partial charge in [-0.3, -0.25) is 0 Å². The molecular weight excluding hydrogens is 257 g/mol. The number of hydrogen-bond donors (Lipinski definition) is 1. The molecule has 100 valence electrons. The lowest BCUT2D eigenvalue weighted by Gasteiger charge is -2.22. The quantitative estimate of drug-likeness (QED) is 0.905. The van der Waals surface area contributed by atoms with Crippen molar-refractivity contribution in [1.82, 2.24) is 4.72 Å². The maximum atomic E-state index is 12.7. The van der Waals surface area contributed by atoms with Crippen LogP contribution in [-0.2, 0) is 14.8 Å². The van der Waals surface area contributed by atoms with Crippen LogP contribution in [0.1, 0.15) is 12.8 Å². The van der Waals surface area contributed by atoms with Crippen LogP contribution < -0.4 is 4.72 Å². The summed E-state index contributed by atoms with van der Waals surface area (Å²) < 4.78 is 44.4. The van der Waals surface area contributed by atoms with Crippen LogP contribution in [0.15, 0.2) is 29.2 Å². The highest BCUT2D eigenvalue weighted by atomic mass is 32.2. The van der Waals surface area contributed by atoms with Crippen LogP contribution in [0, 0.1) is 11.7 Å². The van der Waals surface area contributed by atoms with Gasteiger partial charge in [-0.15, -0.1) is 0 Å². The number of hydrogen-bond acceptors (Lipinski definition) is 3. The lowest BCUT2D eigenvalue weighted by molar-refractivity contribution is 0.0568. The molecule has 6 heteroatoms. The van der Waals surface area contributed by atoms with Crippen LogP contribution in [-0.4, -0.2) is 28.2 Å². The SMILES string of the molecule is O=S(=O)(NCC1CCCOC1)c1ccc(F)cc1. The number of benzene rings is 1. The normalized spacial score (nSPS) is 20.8. The average molecular weight is 273 g/mol. The number of sulfonamides is 1. The molecule has 0 amide bonds. The van der Waals surface area contributed by atoms with Crippen molar-refractivity contribution in [2.45, 2.75) is 17.7 Å². The number of rotatable bonds is 4. The van der Waals surface area contributed by atoms with Gasteiger partial charge in [-0.25, -0.2) is 17.5 Å². The first-order valence-electron chi connectivity index (χ1n) is 5.91. The van der Waals surface area contributed by atoms with E-state index in [-0.39, 0.29) is 10.8 Å². The minimum atomic E-state index is -3.55. The van der Waals surface area contributed by atoms with Crippen LogP contribution in [0.2, 0.25) is 0 Å². The Morgan fingerprint density at radius 2 is 2.06 bits per heavy atom. The summed E-state index contributed by atoms with van der Waals surface area (Å²) >= 11 is 0. The standard InChI is InChI=1S/C12H16FNO3S/c13-11-3-5-12(6-4-11)18(15,16)14-8-10-2-1-7-17-9-10/h3-6,10,14H,1-2,7-9H2. The summed E-state index contributed by atoms with van der Waals surface area (Å²) in [6.45, 7) is 1.70. The van der Waals surface area contributed by atoms with Crippen molar-refractivity contribution in [2.24, 2.45) is 5.92 Å². The maximum absolute atomic E-state index is 12.7. The van der Waals surface area contributed by atoms with E-state index in [2.05, 4.69) is 4.72 Å². The first-order valence-corrected chi connectivity index (χ1v) is 7.39. The molecule has 1 unspecified atom stereocenters. The maximum Gasteiger partial charge on any atom is 0.240 e. The molecule has 1 aliphatic rings. The van der Waals surface area contributed by atoms with Gasteiger partial charge in [0.15, 0.2) is 0 Å². The van der Waals surface area contributed by atoms with Crippen LogP contribution in [0.4, 0.5) is 4.39 Å². The van der Waals surface area contributed by atoms with Crippen molar-refractivity contribution in [2.75, 3.05) is 19.8 Å². The van der Waals surface area contributed by atoms with E-state index in [0.717, 1.165) is 31.6 Å². The predicted octanol–water partition coefficient (Wildman–Crippen LogP) is 1.53. The minimum absolute atomic E-state index is 0.0839. The number of halogens is 1. The third kappa shape index (κ3) is 3.51. The summed E-state index contributed by atoms with van der Waals surface area (Å²) in [4.78, 5) is 0.0839. The molecular formula is C12H16FNO3S. The van der Waals surface area contributed by atoms with Crippen LogP contribution >= 0.6 is 0 Å². The van der Waals surface area contributed by atoms with E-state index >= 15 is 0 Å². The molecule has 0 aromatic heterocycles. The minimum Gasteiger partial charge on any atom is -0.381 e. The van der Waals surface area contributed by atoms with E-state index < -0.39 is 15.8 Å². The van der Waals surface area contributed by atoms with E-state index in [0.29, 0.717) is 13.2 Å². The molecule has 0 aliphatic carbocycles. The van der Waals surface area contributed by atoms with E-state index in [1.165, 1.54) is 12.1 Å². The van der Waals surface area contributed by atoms with Crippen LogP contribution in [0.25, 0.3) is 0 Å². The summed E-state index contributed by atoms with van der Waals surface area (Å²) in [7, 11) is -3.55. The topological polar surface area (TPSA) is 55.4 Å². The molecule has 0 saturated carbocycles. The molecule has 1 fully saturated rings. The van der Waals surface area contributed by atoms with Gasteiger partial charge in [0.1, 0.15) is 5.82 Å². The smallest absolute Gasteiger partial charge is 0.240 e. The molecule has 0 bridgehead atoms. The first-order chi connectivity index (χ1) is 8.58. The lowest BCUT2D eigenvalue weighted by atomic mass is 10.0. The van der Waals surface area contributed by atoms with Gasteiger partial charge in [0, 0.05) is 13.2 Å². The molecule has 1 aliphatic heterocycles. The molecule has 1 aromatic carbocycles. The summed E-state index contributed by atoms with van der Waals surface area (Å²) in [6, 6.07) is 4.79. The Morgan fingerprint density at radius 1 is 1.33 bits per heavy atom. The average Bonchev–Trinajstić information content (AvgIpc) is 2.38. The van der Waals surface area contributed by atoms with Gasteiger partial charge in [0.25, 0.3) is 0 Å². The Labute approximate surface area is 106 Å². The fourth-order valence-electron chi connectivity index (χ4n) is 1.89. The van der Waals surface area contributed by atoms with Crippen molar-refractivity contribution >= 4 is 10.0 Å². The number of ether oxygens (including phenoxy) is 1. The fourth-order valence-corrected chi connectivity index (χ4v) is 3.01. The second kappa shape index (κ2) is 5.77. The van der Waals surface area contributed by atoms with Gasteiger partial charge in [0.2, 0.25) is 10.0 Å². The third-order valence-corrected chi connectivity index (χ3v) is 4.38. The second-order valence-corrected chi connectivity index (χ2v) is 6.16. The van der Waals surface area contributed by atoms with Crippen molar-refractivity contribution in [3.05, 3.63) is 30.1 Å². The molecule has 2 rings (SSSR count). The Bertz CT molecular complexity index is 481. The van der Waals surface area contributed by atoms with Crippen molar-refractivity contribution in [1.29, 1.82) is 0 Å². The van der Waals surface area contributed by atoms with Gasteiger partial charge >= 0.3 is 0 Å². The highest BCUT2D eigenvalue weighted by molar-refractivity contribution is 7.89. The molecule has 1 saturated heterocycles. The molecule has 1 aromatic rings. The monoisotopic (exact) mass is 273 g/mol. The summed E-state index contributed by atoms with van der Waals surface area (Å²) in [5.74, 6) is -0.233. The highest BCUT2D eigenvalue weighted by Gasteiger charge is 2.19. The van der Waals surface area contributed by atoms with Gasteiger partial charge in [0.05, 0.1) is 11.5 Å². The zero-order valence-corrected chi connectivity index (χ0v) is 10.7. The lowest BCUT2D eigenvalue weighted by Crippen LogP contribution is -2.33. The number of nitrogens with one attached hydrogen (secondary N) is 1. The van der Waals surface area contributed by atoms with Crippen LogP contribution in [0.5, 0.6) is 0 Å². The summed E-state index contributed by atoms with van der Waals surface area (Å²) in [6.07, 6.45) is 1.93. The fraction of sp³-hybridized carbons (Fsp3) is 0.500. The van der Waals surface area contributed by atoms with E-state index in [1.54, 1.807) is 0 Å². The summed E-state index contributed by atoms with van der Waals surface area (Å²) in [5.41, 5.74) is 0. The largest absolute Gasteiger partial charge is 0.381 e. The molecule has 1 atom stereocenters. The van der Waals surface area contributed by atoms with Crippen molar-refractivity contribution < 1.29 is 17.5 Å². The third-order valence-electron chi connectivity index (χ3n) is 2.94. The zero-order chi connectivity index (χ0) is 13.0. The van der Waals surface area contributed by atoms with Crippen molar-refractivity contribution in [3.63, 3.8) is 0 Å². The molecule has 0 spiro atoms. The van der Waals surface area contributed by atoms with E-state index in [9.17, 15) is 12.8 Å². The van der Waals surface area contributed by atoms with Gasteiger partial charge in [-0.2, -0.15) is 0 Å². The van der Waals surface area contributed by atoms with E-state index in [1.807, 2.05) is 0 Å². The van der Waals surface area contributed by atoms with Crippen molar-refractivity contribution in [3.8, 4) is 0 Å². The predicted molar refractivity (Wildman–Crippen MR) is 65.1 cm³/mol. The molecule has 4 nitrogen and oxygen atoms in total. The highest BCUT2D eigenvalue weighted by Crippen LogP contribution is 2.14. The van der Waals surface area contributed by atoms with Crippen LogP contribution in [0.3, 0.4) is 0 Å². The molecule has 1 N–H and O–H groups in total. The van der Waals surface area contributed by atoms with Gasteiger partial charge in [-0.1, -0.05) is 0 Å². The Hall–Kier alpha value is -0.980. The molecule has 1 heterocycles. The Kier molecular flexibility index (Phi) is 4.31. The van der Waals surface area contributed by atoms with E-state index in [4.69, 9.17) is 4.74 Å².